The number of nitrogens with one attached hydrogen (secondary N) is 1. The van der Waals surface area contributed by atoms with Gasteiger partial charge in [0.1, 0.15) is 5.69 Å². The fourth-order valence-corrected chi connectivity index (χ4v) is 3.04. The molecule has 2 heterocycles. The molecule has 0 aliphatic heterocycles. The van der Waals surface area contributed by atoms with Gasteiger partial charge in [0, 0.05) is 24.1 Å². The molecule has 0 amide bonds. The van der Waals surface area contributed by atoms with E-state index in [9.17, 15) is 4.79 Å². The second-order valence-corrected chi connectivity index (χ2v) is 5.22. The van der Waals surface area contributed by atoms with E-state index in [1.807, 2.05) is 24.0 Å². The fraction of sp³-hybridized carbons (Fsp3) is 0.200. The van der Waals surface area contributed by atoms with E-state index in [2.05, 4.69) is 10.1 Å². The molecule has 100 valence electrons. The first-order chi connectivity index (χ1) is 9.63. The Kier molecular flexibility index (Phi) is 2.10. The molecule has 0 spiro atoms. The van der Waals surface area contributed by atoms with E-state index in [-0.39, 0.29) is 0 Å². The van der Waals surface area contributed by atoms with E-state index in [1.165, 1.54) is 11.1 Å². The van der Waals surface area contributed by atoms with Crippen molar-refractivity contribution in [3.63, 3.8) is 0 Å². The predicted molar refractivity (Wildman–Crippen MR) is 74.9 cm³/mol. The first kappa shape index (κ1) is 11.3. The van der Waals surface area contributed by atoms with Gasteiger partial charge in [-0.25, -0.2) is 4.79 Å². The Hall–Kier alpha value is -2.56. The number of aromatic amines is 1. The Labute approximate surface area is 114 Å². The summed E-state index contributed by atoms with van der Waals surface area (Å²) >= 11 is 0. The largest absolute Gasteiger partial charge is 0.478 e. The number of nitrogens with zero attached hydrogens (tertiary/aromatic N) is 2. The summed E-state index contributed by atoms with van der Waals surface area (Å²) in [6, 6.07) is 5.24. The van der Waals surface area contributed by atoms with Crippen molar-refractivity contribution in [3.8, 4) is 11.4 Å². The van der Waals surface area contributed by atoms with E-state index in [4.69, 9.17) is 5.11 Å². The van der Waals surface area contributed by atoms with Crippen LogP contribution < -0.4 is 0 Å². The number of aromatic carboxylic acids is 1. The molecule has 2 N–H and O–H groups in total. The first-order valence-corrected chi connectivity index (χ1v) is 6.54. The van der Waals surface area contributed by atoms with E-state index in [0.29, 0.717) is 5.56 Å². The van der Waals surface area contributed by atoms with Crippen molar-refractivity contribution >= 4 is 16.9 Å². The number of H-pyrrole nitrogens is 1. The molecule has 1 aliphatic carbocycles. The highest BCUT2D eigenvalue weighted by Crippen LogP contribution is 2.36. The van der Waals surface area contributed by atoms with E-state index >= 15 is 0 Å². The molecule has 0 atom stereocenters. The van der Waals surface area contributed by atoms with Crippen LogP contribution in [0, 0.1) is 0 Å². The zero-order valence-corrected chi connectivity index (χ0v) is 11.0. The van der Waals surface area contributed by atoms with Gasteiger partial charge in [-0.15, -0.1) is 0 Å². The standard InChI is InChI=1S/C15H13N3O2/c1-18-7-9-3-5-11-10-4-2-8(15(19)20)6-12(10)16-14(11)13(9)17-18/h2,4,6-7,16H,3,5H2,1H3,(H,19,20). The number of carboxylic acids is 1. The van der Waals surface area contributed by atoms with Gasteiger partial charge < -0.3 is 10.1 Å². The number of benzene rings is 1. The first-order valence-electron chi connectivity index (χ1n) is 6.54. The number of rotatable bonds is 1. The third-order valence-corrected chi connectivity index (χ3v) is 3.94. The number of aryl methyl sites for hydroxylation is 3. The minimum atomic E-state index is -0.905. The molecule has 0 saturated carbocycles. The van der Waals surface area contributed by atoms with Crippen LogP contribution in [0.1, 0.15) is 21.5 Å². The van der Waals surface area contributed by atoms with Crippen molar-refractivity contribution in [2.45, 2.75) is 12.8 Å². The van der Waals surface area contributed by atoms with Crippen LogP contribution in [-0.4, -0.2) is 25.8 Å². The van der Waals surface area contributed by atoms with E-state index in [1.54, 1.807) is 12.1 Å². The molecule has 3 aromatic rings. The molecule has 5 nitrogen and oxygen atoms in total. The Bertz CT molecular complexity index is 858. The third-order valence-electron chi connectivity index (χ3n) is 3.94. The summed E-state index contributed by atoms with van der Waals surface area (Å²) in [6.45, 7) is 0. The average molecular weight is 267 g/mol. The number of carboxylic acid groups (broad SMARTS) is 1. The van der Waals surface area contributed by atoms with Crippen LogP contribution in [0.5, 0.6) is 0 Å². The van der Waals surface area contributed by atoms with E-state index < -0.39 is 5.97 Å². The lowest BCUT2D eigenvalue weighted by Crippen LogP contribution is -2.00. The highest BCUT2D eigenvalue weighted by molar-refractivity contribution is 5.97. The summed E-state index contributed by atoms with van der Waals surface area (Å²) in [4.78, 5) is 14.4. The van der Waals surface area contributed by atoms with Crippen molar-refractivity contribution in [2.75, 3.05) is 0 Å². The summed E-state index contributed by atoms with van der Waals surface area (Å²) < 4.78 is 1.83. The summed E-state index contributed by atoms with van der Waals surface area (Å²) in [5, 5.41) is 14.7. The molecule has 5 heteroatoms. The van der Waals surface area contributed by atoms with Crippen molar-refractivity contribution in [1.29, 1.82) is 0 Å². The summed E-state index contributed by atoms with van der Waals surface area (Å²) in [5.74, 6) is -0.905. The molecule has 0 unspecified atom stereocenters. The molecular weight excluding hydrogens is 254 g/mol. The summed E-state index contributed by atoms with van der Waals surface area (Å²) in [5.41, 5.74) is 5.67. The van der Waals surface area contributed by atoms with Gasteiger partial charge in [0.2, 0.25) is 0 Å². The maximum Gasteiger partial charge on any atom is 0.335 e. The second-order valence-electron chi connectivity index (χ2n) is 5.22. The number of hydrogen-bond acceptors (Lipinski definition) is 2. The molecule has 1 aliphatic rings. The number of carbonyl (C=O) groups is 1. The molecule has 0 bridgehead atoms. The Morgan fingerprint density at radius 1 is 1.40 bits per heavy atom. The van der Waals surface area contributed by atoms with Crippen LogP contribution in [0.4, 0.5) is 0 Å². The normalized spacial score (nSPS) is 13.2. The molecule has 0 fully saturated rings. The Morgan fingerprint density at radius 2 is 2.25 bits per heavy atom. The predicted octanol–water partition coefficient (Wildman–Crippen LogP) is 2.37. The quantitative estimate of drug-likeness (QED) is 0.711. The minimum absolute atomic E-state index is 0.303. The lowest BCUT2D eigenvalue weighted by Gasteiger charge is -2.10. The van der Waals surface area contributed by atoms with Crippen LogP contribution in [0.25, 0.3) is 22.3 Å². The van der Waals surface area contributed by atoms with Gasteiger partial charge in [0.15, 0.2) is 0 Å². The average Bonchev–Trinajstić information content (AvgIpc) is 2.96. The van der Waals surface area contributed by atoms with Crippen molar-refractivity contribution in [2.24, 2.45) is 7.05 Å². The SMILES string of the molecule is Cn1cc2c(n1)-c1[nH]c3cc(C(=O)O)ccc3c1CC2. The number of fused-ring (bicyclic) bond motifs is 5. The molecule has 2 aromatic heterocycles. The zero-order valence-electron chi connectivity index (χ0n) is 11.0. The number of hydrogen-bond donors (Lipinski definition) is 2. The van der Waals surface area contributed by atoms with Gasteiger partial charge in [-0.2, -0.15) is 5.10 Å². The summed E-state index contributed by atoms with van der Waals surface area (Å²) in [7, 11) is 1.92. The van der Waals surface area contributed by atoms with Gasteiger partial charge in [-0.3, -0.25) is 4.68 Å². The van der Waals surface area contributed by atoms with Gasteiger partial charge in [0.25, 0.3) is 0 Å². The lowest BCUT2D eigenvalue weighted by molar-refractivity contribution is 0.0697. The minimum Gasteiger partial charge on any atom is -0.478 e. The molecular formula is C15H13N3O2. The second kappa shape index (κ2) is 3.72. The van der Waals surface area contributed by atoms with Crippen molar-refractivity contribution in [1.82, 2.24) is 14.8 Å². The number of aromatic nitrogens is 3. The van der Waals surface area contributed by atoms with E-state index in [0.717, 1.165) is 35.1 Å². The van der Waals surface area contributed by atoms with Crippen LogP contribution in [0.15, 0.2) is 24.4 Å². The molecule has 20 heavy (non-hydrogen) atoms. The smallest absolute Gasteiger partial charge is 0.335 e. The van der Waals surface area contributed by atoms with Gasteiger partial charge in [-0.05, 0) is 36.1 Å². The topological polar surface area (TPSA) is 70.9 Å². The zero-order chi connectivity index (χ0) is 13.9. The van der Waals surface area contributed by atoms with Crippen LogP contribution in [0.2, 0.25) is 0 Å². The van der Waals surface area contributed by atoms with Crippen molar-refractivity contribution < 1.29 is 9.90 Å². The fourth-order valence-electron chi connectivity index (χ4n) is 3.04. The Morgan fingerprint density at radius 3 is 3.05 bits per heavy atom. The highest BCUT2D eigenvalue weighted by Gasteiger charge is 2.23. The van der Waals surface area contributed by atoms with Crippen molar-refractivity contribution in [3.05, 3.63) is 41.1 Å². The van der Waals surface area contributed by atoms with Crippen LogP contribution in [-0.2, 0) is 19.9 Å². The Balaban J connectivity index is 2.00. The monoisotopic (exact) mass is 267 g/mol. The van der Waals surface area contributed by atoms with Gasteiger partial charge >= 0.3 is 5.97 Å². The third kappa shape index (κ3) is 1.43. The van der Waals surface area contributed by atoms with Crippen LogP contribution >= 0.6 is 0 Å². The maximum absolute atomic E-state index is 11.1. The lowest BCUT2D eigenvalue weighted by atomic mass is 9.94. The molecule has 4 rings (SSSR count). The molecule has 0 saturated heterocycles. The molecule has 0 radical (unpaired) electrons. The maximum atomic E-state index is 11.1. The highest BCUT2D eigenvalue weighted by atomic mass is 16.4. The summed E-state index contributed by atoms with van der Waals surface area (Å²) in [6.07, 6.45) is 3.98. The molecule has 1 aromatic carbocycles. The van der Waals surface area contributed by atoms with Gasteiger partial charge in [0.05, 0.1) is 11.3 Å². The van der Waals surface area contributed by atoms with Gasteiger partial charge in [-0.1, -0.05) is 6.07 Å². The van der Waals surface area contributed by atoms with Crippen LogP contribution in [0.3, 0.4) is 0 Å².